The third-order valence-electron chi connectivity index (χ3n) is 3.33. The molecule has 0 radical (unpaired) electrons. The van der Waals surface area contributed by atoms with Crippen molar-refractivity contribution in [3.63, 3.8) is 0 Å². The summed E-state index contributed by atoms with van der Waals surface area (Å²) in [6.07, 6.45) is 2.65. The minimum Gasteiger partial charge on any atom is -0.465 e. The molecule has 0 amide bonds. The Balaban J connectivity index is 1.86. The summed E-state index contributed by atoms with van der Waals surface area (Å²) in [7, 11) is 2.18. The van der Waals surface area contributed by atoms with Crippen molar-refractivity contribution in [3.05, 3.63) is 23.2 Å². The molecule has 102 valence electrons. The van der Waals surface area contributed by atoms with Crippen LogP contribution in [0.4, 0.5) is 0 Å². The quantitative estimate of drug-likeness (QED) is 0.806. The number of aryl methyl sites for hydroxylation is 1. The summed E-state index contributed by atoms with van der Waals surface area (Å²) in [5, 5.41) is 3.49. The minimum atomic E-state index is 0.707. The van der Waals surface area contributed by atoms with Crippen molar-refractivity contribution in [3.8, 4) is 0 Å². The molecule has 3 heteroatoms. The van der Waals surface area contributed by atoms with E-state index in [1.165, 1.54) is 18.4 Å². The lowest BCUT2D eigenvalue weighted by molar-refractivity contribution is 0.286. The van der Waals surface area contributed by atoms with Crippen LogP contribution in [0.15, 0.2) is 10.5 Å². The second-order valence-corrected chi connectivity index (χ2v) is 6.04. The van der Waals surface area contributed by atoms with Crippen LogP contribution in [-0.2, 0) is 13.1 Å². The summed E-state index contributed by atoms with van der Waals surface area (Å²) in [6.45, 7) is 9.56. The molecular weight excluding hydrogens is 224 g/mol. The Bertz CT molecular complexity index is 380. The highest BCUT2D eigenvalue weighted by Crippen LogP contribution is 2.21. The predicted molar refractivity (Wildman–Crippen MR) is 74.5 cm³/mol. The Labute approximate surface area is 111 Å². The van der Waals surface area contributed by atoms with Gasteiger partial charge in [0.1, 0.15) is 11.5 Å². The maximum Gasteiger partial charge on any atom is 0.118 e. The summed E-state index contributed by atoms with van der Waals surface area (Å²) in [5.74, 6) is 2.85. The van der Waals surface area contributed by atoms with Gasteiger partial charge in [0.25, 0.3) is 0 Å². The van der Waals surface area contributed by atoms with Gasteiger partial charge in [-0.2, -0.15) is 0 Å². The van der Waals surface area contributed by atoms with E-state index in [2.05, 4.69) is 44.1 Å². The molecular formula is C15H26N2O. The first kappa shape index (κ1) is 13.6. The third kappa shape index (κ3) is 4.14. The fourth-order valence-electron chi connectivity index (χ4n) is 2.34. The van der Waals surface area contributed by atoms with Gasteiger partial charge >= 0.3 is 0 Å². The zero-order chi connectivity index (χ0) is 13.1. The Hall–Kier alpha value is -0.800. The van der Waals surface area contributed by atoms with Gasteiger partial charge in [-0.05, 0) is 38.8 Å². The monoisotopic (exact) mass is 250 g/mol. The van der Waals surface area contributed by atoms with Crippen LogP contribution in [0, 0.1) is 12.8 Å². The van der Waals surface area contributed by atoms with Gasteiger partial charge in [-0.3, -0.25) is 0 Å². The first-order valence-corrected chi connectivity index (χ1v) is 7.04. The van der Waals surface area contributed by atoms with E-state index in [0.717, 1.165) is 37.2 Å². The molecule has 1 saturated carbocycles. The van der Waals surface area contributed by atoms with Crippen LogP contribution < -0.4 is 5.32 Å². The van der Waals surface area contributed by atoms with Gasteiger partial charge in [-0.25, -0.2) is 0 Å². The van der Waals surface area contributed by atoms with Crippen molar-refractivity contribution in [2.24, 2.45) is 5.92 Å². The molecule has 1 aliphatic rings. The second kappa shape index (κ2) is 5.89. The normalized spacial score (nSPS) is 15.9. The summed E-state index contributed by atoms with van der Waals surface area (Å²) < 4.78 is 5.81. The van der Waals surface area contributed by atoms with Crippen molar-refractivity contribution in [2.75, 3.05) is 13.6 Å². The van der Waals surface area contributed by atoms with E-state index in [-0.39, 0.29) is 0 Å². The van der Waals surface area contributed by atoms with Crippen LogP contribution in [0.1, 0.15) is 43.8 Å². The van der Waals surface area contributed by atoms with Crippen molar-refractivity contribution in [1.29, 1.82) is 0 Å². The molecule has 1 heterocycles. The fourth-order valence-corrected chi connectivity index (χ4v) is 2.34. The van der Waals surface area contributed by atoms with E-state index in [9.17, 15) is 0 Å². The van der Waals surface area contributed by atoms with Crippen molar-refractivity contribution in [1.82, 2.24) is 10.2 Å². The van der Waals surface area contributed by atoms with Crippen LogP contribution in [-0.4, -0.2) is 24.5 Å². The van der Waals surface area contributed by atoms with Gasteiger partial charge < -0.3 is 14.6 Å². The van der Waals surface area contributed by atoms with Crippen LogP contribution in [0.25, 0.3) is 0 Å². The van der Waals surface area contributed by atoms with E-state index in [4.69, 9.17) is 4.42 Å². The lowest BCUT2D eigenvalue weighted by Crippen LogP contribution is -2.22. The van der Waals surface area contributed by atoms with Gasteiger partial charge in [-0.1, -0.05) is 13.8 Å². The largest absolute Gasteiger partial charge is 0.465 e. The molecule has 0 atom stereocenters. The Kier molecular flexibility index (Phi) is 4.46. The minimum absolute atomic E-state index is 0.707. The van der Waals surface area contributed by atoms with Crippen LogP contribution in [0.5, 0.6) is 0 Å². The molecule has 1 aromatic heterocycles. The molecule has 0 unspecified atom stereocenters. The van der Waals surface area contributed by atoms with E-state index in [1.54, 1.807) is 0 Å². The Morgan fingerprint density at radius 3 is 2.78 bits per heavy atom. The first-order valence-electron chi connectivity index (χ1n) is 7.04. The predicted octanol–water partition coefficient (Wildman–Crippen LogP) is 2.93. The van der Waals surface area contributed by atoms with Crippen molar-refractivity contribution >= 4 is 0 Å². The average Bonchev–Trinajstić information content (AvgIpc) is 3.02. The number of rotatable bonds is 7. The standard InChI is InChI=1S/C15H26N2O/c1-11(2)9-17(4)10-13-7-15(18-12(13)3)8-16-14-5-6-14/h7,11,14,16H,5-6,8-10H2,1-4H3. The smallest absolute Gasteiger partial charge is 0.118 e. The summed E-state index contributed by atoms with van der Waals surface area (Å²) in [4.78, 5) is 2.36. The molecule has 2 rings (SSSR count). The molecule has 0 aliphatic heterocycles. The van der Waals surface area contributed by atoms with Gasteiger partial charge in [0, 0.05) is 24.7 Å². The summed E-state index contributed by atoms with van der Waals surface area (Å²) in [6, 6.07) is 2.95. The fraction of sp³-hybridized carbons (Fsp3) is 0.733. The lowest BCUT2D eigenvalue weighted by atomic mass is 10.2. The molecule has 0 aromatic carbocycles. The zero-order valence-electron chi connectivity index (χ0n) is 12.1. The number of hydrogen-bond acceptors (Lipinski definition) is 3. The topological polar surface area (TPSA) is 28.4 Å². The van der Waals surface area contributed by atoms with Gasteiger partial charge in [0.05, 0.1) is 6.54 Å². The van der Waals surface area contributed by atoms with E-state index in [1.807, 2.05) is 0 Å². The average molecular weight is 250 g/mol. The molecule has 0 bridgehead atoms. The van der Waals surface area contributed by atoms with Gasteiger partial charge in [0.2, 0.25) is 0 Å². The highest BCUT2D eigenvalue weighted by molar-refractivity contribution is 5.20. The zero-order valence-corrected chi connectivity index (χ0v) is 12.1. The molecule has 1 fully saturated rings. The Morgan fingerprint density at radius 2 is 2.17 bits per heavy atom. The Morgan fingerprint density at radius 1 is 1.44 bits per heavy atom. The van der Waals surface area contributed by atoms with Gasteiger partial charge in [-0.15, -0.1) is 0 Å². The van der Waals surface area contributed by atoms with E-state index in [0.29, 0.717) is 5.92 Å². The molecule has 1 aromatic rings. The molecule has 3 nitrogen and oxygen atoms in total. The molecule has 0 spiro atoms. The summed E-state index contributed by atoms with van der Waals surface area (Å²) in [5.41, 5.74) is 1.32. The SMILES string of the molecule is Cc1oc(CNC2CC2)cc1CN(C)CC(C)C. The van der Waals surface area contributed by atoms with E-state index >= 15 is 0 Å². The van der Waals surface area contributed by atoms with Crippen molar-refractivity contribution < 1.29 is 4.42 Å². The van der Waals surface area contributed by atoms with Crippen LogP contribution >= 0.6 is 0 Å². The highest BCUT2D eigenvalue weighted by atomic mass is 16.3. The molecule has 1 aliphatic carbocycles. The maximum absolute atomic E-state index is 5.81. The number of nitrogens with one attached hydrogen (secondary N) is 1. The maximum atomic E-state index is 5.81. The molecule has 0 saturated heterocycles. The number of nitrogens with zero attached hydrogens (tertiary/aromatic N) is 1. The number of hydrogen-bond donors (Lipinski definition) is 1. The molecule has 1 N–H and O–H groups in total. The first-order chi connectivity index (χ1) is 8.54. The van der Waals surface area contributed by atoms with E-state index < -0.39 is 0 Å². The molecule has 18 heavy (non-hydrogen) atoms. The number of furan rings is 1. The third-order valence-corrected chi connectivity index (χ3v) is 3.33. The summed E-state index contributed by atoms with van der Waals surface area (Å²) >= 11 is 0. The van der Waals surface area contributed by atoms with Gasteiger partial charge in [0.15, 0.2) is 0 Å². The van der Waals surface area contributed by atoms with Crippen LogP contribution in [0.2, 0.25) is 0 Å². The second-order valence-electron chi connectivity index (χ2n) is 6.04. The highest BCUT2D eigenvalue weighted by Gasteiger charge is 2.21. The van der Waals surface area contributed by atoms with Crippen molar-refractivity contribution in [2.45, 2.75) is 52.7 Å². The lowest BCUT2D eigenvalue weighted by Gasteiger charge is -2.18. The van der Waals surface area contributed by atoms with Crippen LogP contribution in [0.3, 0.4) is 0 Å².